The van der Waals surface area contributed by atoms with Crippen LogP contribution in [0, 0.1) is 13.8 Å². The Morgan fingerprint density at radius 3 is 2.28 bits per heavy atom. The fraction of sp³-hybridized carbons (Fsp3) is 0.400. The number of quaternary nitrogens is 1. The predicted octanol–water partition coefficient (Wildman–Crippen LogP) is 1.95. The van der Waals surface area contributed by atoms with Crippen LogP contribution in [-0.4, -0.2) is 38.9 Å². The lowest BCUT2D eigenvalue weighted by Gasteiger charge is -2.35. The van der Waals surface area contributed by atoms with E-state index >= 15 is 0 Å². The van der Waals surface area contributed by atoms with Crippen LogP contribution in [0.4, 0.5) is 0 Å². The number of benzene rings is 2. The van der Waals surface area contributed by atoms with Crippen molar-refractivity contribution in [2.45, 2.75) is 31.7 Å². The first-order valence-electron chi connectivity index (χ1n) is 8.86. The minimum atomic E-state index is -3.41. The lowest BCUT2D eigenvalue weighted by molar-refractivity contribution is -0.933. The van der Waals surface area contributed by atoms with Gasteiger partial charge in [-0.05, 0) is 38.0 Å². The largest absolute Gasteiger partial charge is 0.327 e. The minimum absolute atomic E-state index is 0.381. The number of hydrogen-bond donors (Lipinski definition) is 1. The smallest absolute Gasteiger partial charge is 0.243 e. The van der Waals surface area contributed by atoms with Crippen molar-refractivity contribution in [3.05, 3.63) is 65.2 Å². The third-order valence-corrected chi connectivity index (χ3v) is 7.28. The molecule has 3 rings (SSSR count). The van der Waals surface area contributed by atoms with Gasteiger partial charge in [-0.15, -0.1) is 0 Å². The second kappa shape index (κ2) is 7.28. The summed E-state index contributed by atoms with van der Waals surface area (Å²) in [5.74, 6) is 0. The molecular formula is C20H27N2O2S+. The van der Waals surface area contributed by atoms with E-state index in [0.29, 0.717) is 24.0 Å². The first kappa shape index (κ1) is 18.1. The first-order chi connectivity index (χ1) is 11.9. The second-order valence-corrected chi connectivity index (χ2v) is 8.87. The van der Waals surface area contributed by atoms with Crippen molar-refractivity contribution in [1.82, 2.24) is 4.31 Å². The maximum atomic E-state index is 13.0. The molecule has 2 aromatic carbocycles. The van der Waals surface area contributed by atoms with Crippen molar-refractivity contribution >= 4 is 10.0 Å². The Morgan fingerprint density at radius 1 is 1.00 bits per heavy atom. The van der Waals surface area contributed by atoms with E-state index < -0.39 is 10.0 Å². The number of nitrogens with zero attached hydrogens (tertiary/aromatic N) is 1. The number of rotatable bonds is 4. The van der Waals surface area contributed by atoms with Gasteiger partial charge in [0, 0.05) is 5.56 Å². The molecular weight excluding hydrogens is 332 g/mol. The van der Waals surface area contributed by atoms with E-state index in [2.05, 4.69) is 31.2 Å². The van der Waals surface area contributed by atoms with Crippen molar-refractivity contribution in [1.29, 1.82) is 0 Å². The summed E-state index contributed by atoms with van der Waals surface area (Å²) in [6.07, 6.45) is 0. The van der Waals surface area contributed by atoms with Gasteiger partial charge in [0.25, 0.3) is 0 Å². The summed E-state index contributed by atoms with van der Waals surface area (Å²) < 4.78 is 27.7. The summed E-state index contributed by atoms with van der Waals surface area (Å²) in [7, 11) is -3.41. The third-order valence-electron chi connectivity index (χ3n) is 5.24. The summed E-state index contributed by atoms with van der Waals surface area (Å²) in [5.41, 5.74) is 3.10. The van der Waals surface area contributed by atoms with Gasteiger partial charge in [-0.25, -0.2) is 8.42 Å². The highest BCUT2D eigenvalue weighted by Gasteiger charge is 2.33. The van der Waals surface area contributed by atoms with Crippen LogP contribution in [0.3, 0.4) is 0 Å². The molecule has 0 saturated carbocycles. The molecule has 4 nitrogen and oxygen atoms in total. The van der Waals surface area contributed by atoms with Crippen molar-refractivity contribution < 1.29 is 13.3 Å². The van der Waals surface area contributed by atoms with Crippen LogP contribution in [0.1, 0.15) is 29.7 Å². The molecule has 1 heterocycles. The number of hydrogen-bond acceptors (Lipinski definition) is 2. The van der Waals surface area contributed by atoms with Crippen molar-refractivity contribution in [3.63, 3.8) is 0 Å². The molecule has 0 bridgehead atoms. The van der Waals surface area contributed by atoms with Crippen molar-refractivity contribution in [2.24, 2.45) is 0 Å². The highest BCUT2D eigenvalue weighted by molar-refractivity contribution is 7.89. The zero-order chi connectivity index (χ0) is 18.0. The van der Waals surface area contributed by atoms with Crippen molar-refractivity contribution in [3.8, 4) is 0 Å². The Labute approximate surface area is 151 Å². The van der Waals surface area contributed by atoms with Gasteiger partial charge >= 0.3 is 0 Å². The van der Waals surface area contributed by atoms with Gasteiger partial charge in [-0.2, -0.15) is 4.31 Å². The van der Waals surface area contributed by atoms with E-state index in [9.17, 15) is 8.42 Å². The minimum Gasteiger partial charge on any atom is -0.327 e. The average Bonchev–Trinajstić information content (AvgIpc) is 2.64. The van der Waals surface area contributed by atoms with E-state index in [1.807, 2.05) is 32.0 Å². The number of aryl methyl sites for hydroxylation is 2. The quantitative estimate of drug-likeness (QED) is 0.907. The Hall–Kier alpha value is -1.69. The van der Waals surface area contributed by atoms with Crippen LogP contribution in [0.15, 0.2) is 53.4 Å². The molecule has 134 valence electrons. The molecule has 5 heteroatoms. The zero-order valence-electron chi connectivity index (χ0n) is 15.2. The molecule has 0 unspecified atom stereocenters. The summed E-state index contributed by atoms with van der Waals surface area (Å²) in [4.78, 5) is 1.89. The topological polar surface area (TPSA) is 41.8 Å². The third kappa shape index (κ3) is 3.78. The predicted molar refractivity (Wildman–Crippen MR) is 100 cm³/mol. The Morgan fingerprint density at radius 2 is 1.64 bits per heavy atom. The first-order valence-corrected chi connectivity index (χ1v) is 10.3. The van der Waals surface area contributed by atoms with Crippen LogP contribution in [0.25, 0.3) is 0 Å². The number of piperazine rings is 1. The molecule has 0 spiro atoms. The summed E-state index contributed by atoms with van der Waals surface area (Å²) in [6, 6.07) is 16.5. The Balaban J connectivity index is 1.72. The molecule has 1 aliphatic heterocycles. The summed E-state index contributed by atoms with van der Waals surface area (Å²) in [5, 5.41) is 0. The van der Waals surface area contributed by atoms with Gasteiger partial charge in [-0.3, -0.25) is 0 Å². The standard InChI is InChI=1S/C20H26N2O2S/c1-16-9-10-17(2)20(15-16)25(23,24)22-13-11-21(12-14-22)18(3)19-7-5-4-6-8-19/h4-10,15,18H,11-14H2,1-3H3/p+1/t18-/m1/s1. The molecule has 1 fully saturated rings. The lowest BCUT2D eigenvalue weighted by atomic mass is 10.1. The lowest BCUT2D eigenvalue weighted by Crippen LogP contribution is -3.14. The van der Waals surface area contributed by atoms with Gasteiger partial charge in [-0.1, -0.05) is 42.5 Å². The highest BCUT2D eigenvalue weighted by Crippen LogP contribution is 2.21. The van der Waals surface area contributed by atoms with Crippen LogP contribution in [0.5, 0.6) is 0 Å². The Bertz CT molecular complexity index is 826. The van der Waals surface area contributed by atoms with Gasteiger partial charge in [0.1, 0.15) is 6.04 Å². The van der Waals surface area contributed by atoms with Crippen LogP contribution in [-0.2, 0) is 10.0 Å². The van der Waals surface area contributed by atoms with Crippen LogP contribution in [0.2, 0.25) is 0 Å². The summed E-state index contributed by atoms with van der Waals surface area (Å²) >= 11 is 0. The number of sulfonamides is 1. The number of nitrogens with one attached hydrogen (secondary N) is 1. The van der Waals surface area contributed by atoms with Gasteiger partial charge in [0.05, 0.1) is 31.1 Å². The molecule has 1 N–H and O–H groups in total. The molecule has 1 atom stereocenters. The fourth-order valence-corrected chi connectivity index (χ4v) is 5.30. The monoisotopic (exact) mass is 359 g/mol. The van der Waals surface area contributed by atoms with Crippen LogP contribution < -0.4 is 4.90 Å². The molecule has 0 radical (unpaired) electrons. The van der Waals surface area contributed by atoms with Gasteiger partial charge in [0.2, 0.25) is 10.0 Å². The fourth-order valence-electron chi connectivity index (χ4n) is 3.55. The molecule has 1 aliphatic rings. The van der Waals surface area contributed by atoms with E-state index in [0.717, 1.165) is 24.2 Å². The van der Waals surface area contributed by atoms with E-state index in [4.69, 9.17) is 0 Å². The molecule has 0 amide bonds. The van der Waals surface area contributed by atoms with Gasteiger partial charge < -0.3 is 4.90 Å². The van der Waals surface area contributed by atoms with Crippen LogP contribution >= 0.6 is 0 Å². The van der Waals surface area contributed by atoms with Crippen molar-refractivity contribution in [2.75, 3.05) is 26.2 Å². The molecule has 0 aromatic heterocycles. The van der Waals surface area contributed by atoms with E-state index in [1.165, 1.54) is 10.5 Å². The average molecular weight is 360 g/mol. The molecule has 1 saturated heterocycles. The molecule has 0 aliphatic carbocycles. The van der Waals surface area contributed by atoms with Gasteiger partial charge in [0.15, 0.2) is 0 Å². The SMILES string of the molecule is Cc1ccc(C)c(S(=O)(=O)N2CC[NH+]([C@H](C)c3ccccc3)CC2)c1. The second-order valence-electron chi connectivity index (χ2n) is 6.96. The maximum absolute atomic E-state index is 13.0. The molecule has 25 heavy (non-hydrogen) atoms. The zero-order valence-corrected chi connectivity index (χ0v) is 16.0. The summed E-state index contributed by atoms with van der Waals surface area (Å²) in [6.45, 7) is 8.83. The van der Waals surface area contributed by atoms with E-state index in [-0.39, 0.29) is 0 Å². The maximum Gasteiger partial charge on any atom is 0.243 e. The normalized spacial score (nSPS) is 18.2. The highest BCUT2D eigenvalue weighted by atomic mass is 32.2. The van der Waals surface area contributed by atoms with E-state index in [1.54, 1.807) is 10.4 Å². The molecule has 2 aromatic rings. The Kier molecular flexibility index (Phi) is 5.27.